The number of alkyl halides is 4. The van der Waals surface area contributed by atoms with Crippen LogP contribution in [0.25, 0.3) is 11.1 Å². The van der Waals surface area contributed by atoms with Crippen LogP contribution in [0.3, 0.4) is 0 Å². The highest BCUT2D eigenvalue weighted by Gasteiger charge is 2.33. The normalized spacial score (nSPS) is 15.2. The molecule has 0 radical (unpaired) electrons. The van der Waals surface area contributed by atoms with Crippen molar-refractivity contribution in [3.8, 4) is 16.9 Å². The largest absolute Gasteiger partial charge is 0.496 e. The predicted molar refractivity (Wildman–Crippen MR) is 150 cm³/mol. The van der Waals surface area contributed by atoms with E-state index in [0.717, 1.165) is 11.6 Å². The number of methoxy groups -OCH3 is 1. The Kier molecular flexibility index (Phi) is 8.42. The summed E-state index contributed by atoms with van der Waals surface area (Å²) in [6.07, 6.45) is 5.52. The molecular formula is C31H31F4N3O2. The molecule has 0 spiro atoms. The molecule has 210 valence electrons. The highest BCUT2D eigenvalue weighted by Crippen LogP contribution is 2.41. The van der Waals surface area contributed by atoms with E-state index in [1.165, 1.54) is 12.1 Å². The number of unbranched alkanes of at least 4 members (excludes halogenated alkanes) is 1. The Morgan fingerprint density at radius 3 is 2.38 bits per heavy atom. The minimum absolute atomic E-state index is 0.180. The molecule has 40 heavy (non-hydrogen) atoms. The molecular weight excluding hydrogens is 522 g/mol. The molecule has 0 amide bonds. The molecule has 9 heteroatoms. The number of benzene rings is 2. The van der Waals surface area contributed by atoms with Gasteiger partial charge in [-0.3, -0.25) is 4.99 Å². The van der Waals surface area contributed by atoms with Crippen LogP contribution in [0.5, 0.6) is 5.75 Å². The molecule has 1 aliphatic heterocycles. The van der Waals surface area contributed by atoms with E-state index in [4.69, 9.17) is 9.15 Å². The number of aliphatic imine (C=N–C) groups is 3. The molecule has 2 heterocycles. The first kappa shape index (κ1) is 29.0. The lowest BCUT2D eigenvalue weighted by atomic mass is 9.92. The molecule has 3 aromatic rings. The number of hydrogen-bond acceptors (Lipinski definition) is 5. The maximum Gasteiger partial charge on any atom is 0.271 e. The fourth-order valence-corrected chi connectivity index (χ4v) is 4.55. The first-order valence-corrected chi connectivity index (χ1v) is 12.9. The minimum Gasteiger partial charge on any atom is -0.496 e. The molecule has 0 atom stereocenters. The van der Waals surface area contributed by atoms with Crippen molar-refractivity contribution in [1.29, 1.82) is 0 Å². The molecule has 0 fully saturated rings. The number of nitrogens with zero attached hydrogens (tertiary/aromatic N) is 3. The summed E-state index contributed by atoms with van der Waals surface area (Å²) in [5.74, 6) is -4.25. The van der Waals surface area contributed by atoms with Crippen LogP contribution in [0.1, 0.15) is 54.9 Å². The zero-order valence-electron chi connectivity index (χ0n) is 23.1. The summed E-state index contributed by atoms with van der Waals surface area (Å²) in [7, 11) is 3.26. The van der Waals surface area contributed by atoms with Crippen LogP contribution in [0, 0.1) is 6.92 Å². The minimum atomic E-state index is -3.31. The second-order valence-electron chi connectivity index (χ2n) is 9.72. The molecule has 4 rings (SSSR count). The van der Waals surface area contributed by atoms with Gasteiger partial charge in [0.25, 0.3) is 11.8 Å². The number of furan rings is 1. The SMILES string of the molecule is CN=CC1=NC(c2ccccc2OC)=N/C1=C/CCCc1cc(-c2ccc(C(C)(F)F)cc2C(C)(F)F)c(C)o1. The van der Waals surface area contributed by atoms with E-state index < -0.39 is 23.0 Å². The lowest BCUT2D eigenvalue weighted by Crippen LogP contribution is -2.13. The van der Waals surface area contributed by atoms with Crippen molar-refractivity contribution in [2.75, 3.05) is 14.2 Å². The van der Waals surface area contributed by atoms with Gasteiger partial charge in [-0.15, -0.1) is 0 Å². The van der Waals surface area contributed by atoms with Crippen molar-refractivity contribution in [2.24, 2.45) is 15.0 Å². The first-order valence-electron chi connectivity index (χ1n) is 12.9. The predicted octanol–water partition coefficient (Wildman–Crippen LogP) is 8.30. The summed E-state index contributed by atoms with van der Waals surface area (Å²) in [6.45, 7) is 3.08. The quantitative estimate of drug-likeness (QED) is 0.144. The zero-order valence-corrected chi connectivity index (χ0v) is 23.1. The maximum atomic E-state index is 14.5. The number of halogens is 4. The molecule has 1 aromatic heterocycles. The Balaban J connectivity index is 1.51. The number of rotatable bonds is 10. The Labute approximate surface area is 231 Å². The number of aryl methyl sites for hydroxylation is 2. The third kappa shape index (κ3) is 6.41. The van der Waals surface area contributed by atoms with Crippen LogP contribution in [0.4, 0.5) is 17.6 Å². The average Bonchev–Trinajstić information content (AvgIpc) is 3.48. The van der Waals surface area contributed by atoms with Crippen molar-refractivity contribution in [1.82, 2.24) is 0 Å². The van der Waals surface area contributed by atoms with Gasteiger partial charge >= 0.3 is 0 Å². The Hall–Kier alpha value is -4.01. The highest BCUT2D eigenvalue weighted by atomic mass is 19.3. The van der Waals surface area contributed by atoms with Crippen LogP contribution in [0.2, 0.25) is 0 Å². The fraction of sp³-hybridized carbons (Fsp3) is 0.323. The van der Waals surface area contributed by atoms with Crippen molar-refractivity contribution < 1.29 is 26.7 Å². The van der Waals surface area contributed by atoms with E-state index in [1.54, 1.807) is 33.4 Å². The monoisotopic (exact) mass is 553 g/mol. The van der Waals surface area contributed by atoms with Gasteiger partial charge in [-0.25, -0.2) is 27.5 Å². The van der Waals surface area contributed by atoms with Gasteiger partial charge in [-0.1, -0.05) is 30.3 Å². The van der Waals surface area contributed by atoms with Gasteiger partial charge in [0, 0.05) is 50.2 Å². The second kappa shape index (κ2) is 11.6. The van der Waals surface area contributed by atoms with Gasteiger partial charge in [0.1, 0.15) is 23.0 Å². The summed E-state index contributed by atoms with van der Waals surface area (Å²) in [4.78, 5) is 13.4. The topological polar surface area (TPSA) is 59.5 Å². The number of allylic oxidation sites excluding steroid dienone is 2. The number of hydrogen-bond donors (Lipinski definition) is 0. The summed E-state index contributed by atoms with van der Waals surface area (Å²) in [5.41, 5.74) is 1.86. The van der Waals surface area contributed by atoms with Crippen molar-refractivity contribution in [2.45, 2.75) is 51.9 Å². The molecule has 0 saturated carbocycles. The highest BCUT2D eigenvalue weighted by molar-refractivity contribution is 6.43. The maximum absolute atomic E-state index is 14.5. The standard InChI is InChI=1S/C31H31F4N3O2/c1-19-24(22-15-14-20(30(2,32)33)16-25(22)31(3,34)35)17-21(40-19)10-6-8-12-26-27(18-36-4)38-29(37-26)23-11-7-9-13-28(23)39-5/h7,9,11-18H,6,8,10H2,1-5H3/b26-12+,36-18?. The van der Waals surface area contributed by atoms with Gasteiger partial charge in [0.2, 0.25) is 0 Å². The van der Waals surface area contributed by atoms with E-state index in [2.05, 4.69) is 15.0 Å². The molecule has 0 aliphatic carbocycles. The smallest absolute Gasteiger partial charge is 0.271 e. The van der Waals surface area contributed by atoms with Gasteiger partial charge in [0.05, 0.1) is 18.4 Å². The van der Waals surface area contributed by atoms with Crippen LogP contribution in [-0.4, -0.2) is 31.9 Å². The van der Waals surface area contributed by atoms with E-state index in [1.807, 2.05) is 30.3 Å². The molecule has 0 unspecified atom stereocenters. The van der Waals surface area contributed by atoms with Crippen LogP contribution >= 0.6 is 0 Å². The first-order chi connectivity index (χ1) is 18.9. The molecule has 0 N–H and O–H groups in total. The number of ether oxygens (including phenoxy) is 1. The lowest BCUT2D eigenvalue weighted by Gasteiger charge is -2.19. The van der Waals surface area contributed by atoms with Crippen LogP contribution in [0.15, 0.2) is 79.7 Å². The second-order valence-corrected chi connectivity index (χ2v) is 9.72. The summed E-state index contributed by atoms with van der Waals surface area (Å²) in [5, 5.41) is 0. The van der Waals surface area contributed by atoms with Crippen molar-refractivity contribution in [3.63, 3.8) is 0 Å². The van der Waals surface area contributed by atoms with E-state index in [-0.39, 0.29) is 5.56 Å². The van der Waals surface area contributed by atoms with Crippen LogP contribution < -0.4 is 4.74 Å². The van der Waals surface area contributed by atoms with Gasteiger partial charge in [-0.05, 0) is 49.6 Å². The van der Waals surface area contributed by atoms with E-state index in [9.17, 15) is 17.6 Å². The summed E-state index contributed by atoms with van der Waals surface area (Å²) >= 11 is 0. The molecule has 0 bridgehead atoms. The van der Waals surface area contributed by atoms with Crippen LogP contribution in [-0.2, 0) is 18.3 Å². The summed E-state index contributed by atoms with van der Waals surface area (Å²) in [6, 6.07) is 12.6. The summed E-state index contributed by atoms with van der Waals surface area (Å²) < 4.78 is 67.9. The molecule has 2 aromatic carbocycles. The van der Waals surface area contributed by atoms with Crippen molar-refractivity contribution >= 4 is 17.8 Å². The fourth-order valence-electron chi connectivity index (χ4n) is 4.55. The number of amidine groups is 1. The molecule has 0 saturated heterocycles. The third-order valence-electron chi connectivity index (χ3n) is 6.54. The van der Waals surface area contributed by atoms with Crippen molar-refractivity contribution in [3.05, 3.63) is 88.5 Å². The third-order valence-corrected chi connectivity index (χ3v) is 6.54. The van der Waals surface area contributed by atoms with E-state index in [0.29, 0.717) is 73.2 Å². The lowest BCUT2D eigenvalue weighted by molar-refractivity contribution is 0.0110. The number of para-hydroxylation sites is 1. The zero-order chi connectivity index (χ0) is 29.1. The average molecular weight is 554 g/mol. The Morgan fingerprint density at radius 2 is 1.70 bits per heavy atom. The Bertz CT molecular complexity index is 1510. The van der Waals surface area contributed by atoms with E-state index >= 15 is 0 Å². The molecule has 1 aliphatic rings. The van der Waals surface area contributed by atoms with Gasteiger partial charge < -0.3 is 9.15 Å². The Morgan fingerprint density at radius 1 is 0.950 bits per heavy atom. The van der Waals surface area contributed by atoms with Gasteiger partial charge in [-0.2, -0.15) is 0 Å². The van der Waals surface area contributed by atoms with Gasteiger partial charge in [0.15, 0.2) is 5.84 Å². The molecule has 5 nitrogen and oxygen atoms in total.